The first-order valence-corrected chi connectivity index (χ1v) is 4.52. The molecule has 0 bridgehead atoms. The third kappa shape index (κ3) is 0.952. The lowest BCUT2D eigenvalue weighted by Gasteiger charge is -2.23. The summed E-state index contributed by atoms with van der Waals surface area (Å²) in [5.74, 6) is 0. The molecule has 1 fully saturated rings. The molecule has 1 unspecified atom stereocenters. The zero-order valence-corrected chi connectivity index (χ0v) is 8.50. The first kappa shape index (κ1) is 8.29. The van der Waals surface area contributed by atoms with Crippen LogP contribution in [0, 0.1) is 0 Å². The van der Waals surface area contributed by atoms with Gasteiger partial charge in [0.05, 0.1) is 0 Å². The topological polar surface area (TPSA) is 35.8 Å². The fourth-order valence-electron chi connectivity index (χ4n) is 1.29. The molecular weight excluding hydrogens is 222 g/mol. The van der Waals surface area contributed by atoms with Crippen LogP contribution in [-0.4, -0.2) is 21.5 Å². The standard InChI is InChI=1S/C8H10BrNO2/c1-7(2,11)8-4-3-6(9)5-10(8)12-8/h3-5,11H,1-2H3. The molecular formula is C8H10BrNO2. The van der Waals surface area contributed by atoms with Gasteiger partial charge in [-0.1, -0.05) is 0 Å². The number of aliphatic hydroxyl groups is 1. The van der Waals surface area contributed by atoms with E-state index in [1.165, 1.54) is 0 Å². The van der Waals surface area contributed by atoms with Crippen molar-refractivity contribution in [2.24, 2.45) is 0 Å². The quantitative estimate of drug-likeness (QED) is 0.696. The van der Waals surface area contributed by atoms with Crippen molar-refractivity contribution in [3.63, 3.8) is 0 Å². The van der Waals surface area contributed by atoms with E-state index in [-0.39, 0.29) is 0 Å². The van der Waals surface area contributed by atoms with Crippen LogP contribution in [0.2, 0.25) is 0 Å². The number of hydroxylamine groups is 2. The molecule has 12 heavy (non-hydrogen) atoms. The van der Waals surface area contributed by atoms with Gasteiger partial charge < -0.3 is 5.11 Å². The van der Waals surface area contributed by atoms with Crippen LogP contribution in [0.5, 0.6) is 0 Å². The first-order chi connectivity index (χ1) is 5.46. The molecule has 66 valence electrons. The maximum Gasteiger partial charge on any atom is 0.237 e. The number of halogens is 1. The van der Waals surface area contributed by atoms with Crippen LogP contribution in [0.15, 0.2) is 22.8 Å². The number of nitrogens with zero attached hydrogens (tertiary/aromatic N) is 1. The van der Waals surface area contributed by atoms with E-state index in [9.17, 15) is 5.11 Å². The van der Waals surface area contributed by atoms with Gasteiger partial charge in [-0.25, -0.2) is 9.90 Å². The highest BCUT2D eigenvalue weighted by Crippen LogP contribution is 2.48. The lowest BCUT2D eigenvalue weighted by atomic mass is 9.95. The van der Waals surface area contributed by atoms with Crippen LogP contribution < -0.4 is 0 Å². The summed E-state index contributed by atoms with van der Waals surface area (Å²) in [6.45, 7) is 3.45. The van der Waals surface area contributed by atoms with E-state index in [4.69, 9.17) is 4.84 Å². The highest BCUT2D eigenvalue weighted by Gasteiger charge is 2.63. The van der Waals surface area contributed by atoms with Crippen LogP contribution in [0.25, 0.3) is 0 Å². The van der Waals surface area contributed by atoms with Crippen molar-refractivity contribution in [3.05, 3.63) is 22.8 Å². The normalized spacial score (nSPS) is 33.0. The highest BCUT2D eigenvalue weighted by molar-refractivity contribution is 9.11. The van der Waals surface area contributed by atoms with E-state index in [2.05, 4.69) is 15.9 Å². The van der Waals surface area contributed by atoms with Gasteiger partial charge in [0.2, 0.25) is 5.72 Å². The first-order valence-electron chi connectivity index (χ1n) is 3.73. The molecule has 1 atom stereocenters. The minimum atomic E-state index is -0.881. The molecule has 0 aromatic heterocycles. The Balaban J connectivity index is 2.29. The lowest BCUT2D eigenvalue weighted by molar-refractivity contribution is 0.0153. The molecule has 1 saturated heterocycles. The van der Waals surface area contributed by atoms with Crippen molar-refractivity contribution in [2.45, 2.75) is 25.2 Å². The van der Waals surface area contributed by atoms with Crippen LogP contribution in [-0.2, 0) is 4.84 Å². The highest BCUT2D eigenvalue weighted by atomic mass is 79.9. The van der Waals surface area contributed by atoms with Gasteiger partial charge in [0.15, 0.2) is 0 Å². The summed E-state index contributed by atoms with van der Waals surface area (Å²) in [6.07, 6.45) is 5.52. The molecule has 0 aliphatic carbocycles. The monoisotopic (exact) mass is 231 g/mol. The molecule has 4 heteroatoms. The van der Waals surface area contributed by atoms with Gasteiger partial charge >= 0.3 is 0 Å². The Hall–Kier alpha value is -0.320. The number of fused-ring (bicyclic) bond motifs is 1. The number of hydrogen-bond acceptors (Lipinski definition) is 3. The second kappa shape index (κ2) is 2.13. The van der Waals surface area contributed by atoms with E-state index in [1.807, 2.05) is 12.2 Å². The van der Waals surface area contributed by atoms with Gasteiger partial charge in [-0.05, 0) is 41.9 Å². The van der Waals surface area contributed by atoms with E-state index >= 15 is 0 Å². The van der Waals surface area contributed by atoms with Crippen LogP contribution >= 0.6 is 15.9 Å². The van der Waals surface area contributed by atoms with Crippen molar-refractivity contribution >= 4 is 15.9 Å². The van der Waals surface area contributed by atoms with Gasteiger partial charge in [0, 0.05) is 10.7 Å². The summed E-state index contributed by atoms with van der Waals surface area (Å²) in [6, 6.07) is 0. The molecule has 0 aromatic rings. The Morgan fingerprint density at radius 1 is 1.67 bits per heavy atom. The van der Waals surface area contributed by atoms with E-state index in [1.54, 1.807) is 25.1 Å². The molecule has 2 heterocycles. The average molecular weight is 232 g/mol. The Morgan fingerprint density at radius 3 is 2.83 bits per heavy atom. The fraction of sp³-hybridized carbons (Fsp3) is 0.500. The summed E-state index contributed by atoms with van der Waals surface area (Å²) in [7, 11) is 0. The Morgan fingerprint density at radius 2 is 2.33 bits per heavy atom. The van der Waals surface area contributed by atoms with Crippen molar-refractivity contribution in [1.29, 1.82) is 0 Å². The summed E-state index contributed by atoms with van der Waals surface area (Å²) in [5.41, 5.74) is -1.52. The van der Waals surface area contributed by atoms with E-state index < -0.39 is 11.3 Å². The van der Waals surface area contributed by atoms with Gasteiger partial charge in [0.25, 0.3) is 0 Å². The van der Waals surface area contributed by atoms with Crippen LogP contribution in [0.3, 0.4) is 0 Å². The Bertz CT molecular complexity index is 279. The lowest BCUT2D eigenvalue weighted by Crippen LogP contribution is -2.41. The molecule has 0 aromatic carbocycles. The zero-order valence-electron chi connectivity index (χ0n) is 6.91. The second-order valence-corrected chi connectivity index (χ2v) is 4.44. The maximum atomic E-state index is 9.77. The van der Waals surface area contributed by atoms with E-state index in [0.717, 1.165) is 4.48 Å². The third-order valence-corrected chi connectivity index (χ3v) is 2.59. The minimum Gasteiger partial charge on any atom is -0.385 e. The molecule has 2 rings (SSSR count). The van der Waals surface area contributed by atoms with Crippen molar-refractivity contribution in [2.75, 3.05) is 0 Å². The molecule has 2 aliphatic heterocycles. The second-order valence-electron chi connectivity index (χ2n) is 3.52. The predicted molar refractivity (Wildman–Crippen MR) is 48.1 cm³/mol. The molecule has 0 radical (unpaired) electrons. The van der Waals surface area contributed by atoms with E-state index in [0.29, 0.717) is 0 Å². The minimum absolute atomic E-state index is 0.635. The predicted octanol–water partition coefficient (Wildman–Crippen LogP) is 1.51. The maximum absolute atomic E-state index is 9.77. The SMILES string of the molecule is CC(C)(O)C12C=CC(Br)=CN1O2. The summed E-state index contributed by atoms with van der Waals surface area (Å²) in [4.78, 5) is 5.29. The molecule has 3 nitrogen and oxygen atoms in total. The van der Waals surface area contributed by atoms with Gasteiger partial charge in [0.1, 0.15) is 5.60 Å². The molecule has 0 spiro atoms. The Labute approximate surface area is 79.4 Å². The number of hydrogen-bond donors (Lipinski definition) is 1. The van der Waals surface area contributed by atoms with Gasteiger partial charge in [-0.3, -0.25) is 0 Å². The summed E-state index contributed by atoms with van der Waals surface area (Å²) in [5, 5.41) is 11.4. The Kier molecular flexibility index (Phi) is 1.47. The fourth-order valence-corrected chi connectivity index (χ4v) is 1.61. The van der Waals surface area contributed by atoms with Crippen LogP contribution in [0.4, 0.5) is 0 Å². The number of rotatable bonds is 1. The molecule has 2 aliphatic rings. The van der Waals surface area contributed by atoms with Crippen molar-refractivity contribution < 1.29 is 9.94 Å². The zero-order chi connectivity index (χ0) is 8.98. The number of allylic oxidation sites excluding steroid dienone is 2. The average Bonchev–Trinajstić information content (AvgIpc) is 2.60. The summed E-state index contributed by atoms with van der Waals surface area (Å²) >= 11 is 3.32. The third-order valence-electron chi connectivity index (χ3n) is 2.12. The van der Waals surface area contributed by atoms with Gasteiger partial charge in [-0.2, -0.15) is 0 Å². The summed E-state index contributed by atoms with van der Waals surface area (Å²) < 4.78 is 0.944. The smallest absolute Gasteiger partial charge is 0.237 e. The van der Waals surface area contributed by atoms with Crippen molar-refractivity contribution in [3.8, 4) is 0 Å². The largest absolute Gasteiger partial charge is 0.385 e. The molecule has 1 N–H and O–H groups in total. The van der Waals surface area contributed by atoms with Crippen LogP contribution in [0.1, 0.15) is 13.8 Å². The molecule has 0 saturated carbocycles. The van der Waals surface area contributed by atoms with Crippen molar-refractivity contribution in [1.82, 2.24) is 5.06 Å². The van der Waals surface area contributed by atoms with Gasteiger partial charge in [-0.15, -0.1) is 0 Å². The molecule has 0 amide bonds.